The lowest BCUT2D eigenvalue weighted by Gasteiger charge is -2.25. The van der Waals surface area contributed by atoms with Crippen molar-refractivity contribution in [2.24, 2.45) is 0 Å². The van der Waals surface area contributed by atoms with Gasteiger partial charge in [0.25, 0.3) is 0 Å². The van der Waals surface area contributed by atoms with Gasteiger partial charge in [-0.15, -0.1) is 6.58 Å². The minimum Gasteiger partial charge on any atom is -0.328 e. The quantitative estimate of drug-likeness (QED) is 0.766. The Bertz CT molecular complexity index is 323. The summed E-state index contributed by atoms with van der Waals surface area (Å²) in [5, 5.41) is 3.39. The van der Waals surface area contributed by atoms with Crippen LogP contribution in [0, 0.1) is 0 Å². The molecule has 2 rings (SSSR count). The highest BCUT2D eigenvalue weighted by molar-refractivity contribution is 5.10. The molecule has 1 aromatic heterocycles. The Labute approximate surface area is 91.2 Å². The zero-order valence-electron chi connectivity index (χ0n) is 9.32. The first-order valence-corrected chi connectivity index (χ1v) is 5.68. The number of piperidine rings is 1. The van der Waals surface area contributed by atoms with Crippen molar-refractivity contribution >= 4 is 0 Å². The van der Waals surface area contributed by atoms with E-state index < -0.39 is 0 Å². The van der Waals surface area contributed by atoms with Gasteiger partial charge < -0.3 is 9.88 Å². The number of rotatable bonds is 3. The van der Waals surface area contributed by atoms with E-state index in [1.54, 1.807) is 0 Å². The third-order valence-corrected chi connectivity index (χ3v) is 3.23. The maximum Gasteiger partial charge on any atom is 0.0953 e. The van der Waals surface area contributed by atoms with Gasteiger partial charge in [-0.1, -0.05) is 6.08 Å². The molecule has 0 radical (unpaired) electrons. The van der Waals surface area contributed by atoms with Crippen LogP contribution in [-0.2, 0) is 0 Å². The van der Waals surface area contributed by atoms with Gasteiger partial charge in [-0.25, -0.2) is 4.98 Å². The van der Waals surface area contributed by atoms with E-state index in [0.29, 0.717) is 12.0 Å². The molecular formula is C12H19N3. The topological polar surface area (TPSA) is 29.9 Å². The van der Waals surface area contributed by atoms with Gasteiger partial charge in [-0.2, -0.15) is 0 Å². The van der Waals surface area contributed by atoms with Crippen molar-refractivity contribution < 1.29 is 0 Å². The number of hydrogen-bond acceptors (Lipinski definition) is 2. The zero-order valence-corrected chi connectivity index (χ0v) is 9.32. The number of nitrogens with one attached hydrogen (secondary N) is 1. The highest BCUT2D eigenvalue weighted by atomic mass is 15.1. The molecule has 0 aliphatic carbocycles. The molecule has 3 heteroatoms. The first-order valence-electron chi connectivity index (χ1n) is 5.68. The molecule has 1 aliphatic heterocycles. The molecule has 15 heavy (non-hydrogen) atoms. The first-order chi connectivity index (χ1) is 7.33. The van der Waals surface area contributed by atoms with Crippen molar-refractivity contribution in [1.82, 2.24) is 14.9 Å². The van der Waals surface area contributed by atoms with Crippen molar-refractivity contribution in [3.63, 3.8) is 0 Å². The summed E-state index contributed by atoms with van der Waals surface area (Å²) in [7, 11) is 0. The molecule has 82 valence electrons. The molecule has 0 amide bonds. The zero-order chi connectivity index (χ0) is 10.7. The molecule has 1 saturated heterocycles. The molecular weight excluding hydrogens is 186 g/mol. The van der Waals surface area contributed by atoms with Crippen molar-refractivity contribution in [3.8, 4) is 0 Å². The van der Waals surface area contributed by atoms with Crippen LogP contribution in [0.5, 0.6) is 0 Å². The highest BCUT2D eigenvalue weighted by Crippen LogP contribution is 2.26. The molecule has 0 spiro atoms. The van der Waals surface area contributed by atoms with Gasteiger partial charge in [0, 0.05) is 23.9 Å². The molecule has 1 N–H and O–H groups in total. The van der Waals surface area contributed by atoms with E-state index in [2.05, 4.69) is 28.4 Å². The monoisotopic (exact) mass is 205 g/mol. The minimum absolute atomic E-state index is 0.345. The molecule has 0 bridgehead atoms. The van der Waals surface area contributed by atoms with Gasteiger partial charge in [0.05, 0.1) is 6.33 Å². The Morgan fingerprint density at radius 2 is 2.33 bits per heavy atom. The molecule has 1 fully saturated rings. The summed E-state index contributed by atoms with van der Waals surface area (Å²) in [4.78, 5) is 4.26. The van der Waals surface area contributed by atoms with Crippen LogP contribution in [0.25, 0.3) is 0 Å². The molecule has 1 aliphatic rings. The number of nitrogens with zero attached hydrogens (tertiary/aromatic N) is 2. The lowest BCUT2D eigenvalue weighted by molar-refractivity contribution is 0.435. The second kappa shape index (κ2) is 4.62. The molecule has 0 saturated carbocycles. The standard InChI is InChI=1S/C12H19N3/c1-3-10(2)15-9-14-8-12(15)11-4-6-13-7-5-11/h3,8-11,13H,1,4-7H2,2H3. The van der Waals surface area contributed by atoms with Gasteiger partial charge in [0.1, 0.15) is 0 Å². The third kappa shape index (κ3) is 2.12. The van der Waals surface area contributed by atoms with Crippen LogP contribution >= 0.6 is 0 Å². The predicted octanol–water partition coefficient (Wildman–Crippen LogP) is 2.10. The minimum atomic E-state index is 0.345. The Hall–Kier alpha value is -1.09. The maximum atomic E-state index is 4.26. The Balaban J connectivity index is 2.19. The van der Waals surface area contributed by atoms with E-state index in [9.17, 15) is 0 Å². The number of hydrogen-bond donors (Lipinski definition) is 1. The highest BCUT2D eigenvalue weighted by Gasteiger charge is 2.19. The summed E-state index contributed by atoms with van der Waals surface area (Å²) in [6.07, 6.45) is 8.33. The Morgan fingerprint density at radius 1 is 1.60 bits per heavy atom. The first kappa shape index (κ1) is 10.4. The molecule has 0 aromatic carbocycles. The van der Waals surface area contributed by atoms with Gasteiger partial charge in [-0.05, 0) is 32.9 Å². The molecule has 3 nitrogen and oxygen atoms in total. The summed E-state index contributed by atoms with van der Waals surface area (Å²) in [6.45, 7) is 8.24. The lowest BCUT2D eigenvalue weighted by Crippen LogP contribution is -2.27. The smallest absolute Gasteiger partial charge is 0.0953 e. The fourth-order valence-electron chi connectivity index (χ4n) is 2.20. The van der Waals surface area contributed by atoms with E-state index in [1.165, 1.54) is 18.5 Å². The van der Waals surface area contributed by atoms with Crippen LogP contribution < -0.4 is 5.32 Å². The normalized spacial score (nSPS) is 20.1. The average Bonchev–Trinajstić information content (AvgIpc) is 2.78. The van der Waals surface area contributed by atoms with Crippen molar-refractivity contribution in [3.05, 3.63) is 30.9 Å². The van der Waals surface area contributed by atoms with Crippen molar-refractivity contribution in [2.45, 2.75) is 31.7 Å². The average molecular weight is 205 g/mol. The van der Waals surface area contributed by atoms with Crippen LogP contribution in [-0.4, -0.2) is 22.6 Å². The Morgan fingerprint density at radius 3 is 3.00 bits per heavy atom. The van der Waals surface area contributed by atoms with Crippen LogP contribution in [0.4, 0.5) is 0 Å². The summed E-state index contributed by atoms with van der Waals surface area (Å²) in [5.41, 5.74) is 1.36. The molecule has 2 heterocycles. The summed E-state index contributed by atoms with van der Waals surface area (Å²) < 4.78 is 2.24. The van der Waals surface area contributed by atoms with Crippen LogP contribution in [0.3, 0.4) is 0 Å². The number of allylic oxidation sites excluding steroid dienone is 1. The van der Waals surface area contributed by atoms with E-state index in [-0.39, 0.29) is 0 Å². The summed E-state index contributed by atoms with van der Waals surface area (Å²) in [6, 6.07) is 0.345. The maximum absolute atomic E-state index is 4.26. The van der Waals surface area contributed by atoms with Gasteiger partial charge >= 0.3 is 0 Å². The molecule has 1 unspecified atom stereocenters. The second-order valence-corrected chi connectivity index (χ2v) is 4.23. The lowest BCUT2D eigenvalue weighted by atomic mass is 9.94. The fourth-order valence-corrected chi connectivity index (χ4v) is 2.20. The summed E-state index contributed by atoms with van der Waals surface area (Å²) >= 11 is 0. The van der Waals surface area contributed by atoms with Gasteiger partial charge in [0.2, 0.25) is 0 Å². The Kier molecular flexibility index (Phi) is 3.21. The number of aromatic nitrogens is 2. The fraction of sp³-hybridized carbons (Fsp3) is 0.583. The predicted molar refractivity (Wildman–Crippen MR) is 62.0 cm³/mol. The van der Waals surface area contributed by atoms with Crippen LogP contribution in [0.2, 0.25) is 0 Å². The SMILES string of the molecule is C=CC(C)n1cncc1C1CCNCC1. The van der Waals surface area contributed by atoms with E-state index >= 15 is 0 Å². The van der Waals surface area contributed by atoms with Crippen molar-refractivity contribution in [1.29, 1.82) is 0 Å². The van der Waals surface area contributed by atoms with Gasteiger partial charge in [0.15, 0.2) is 0 Å². The van der Waals surface area contributed by atoms with E-state index in [1.807, 2.05) is 18.6 Å². The number of imidazole rings is 1. The van der Waals surface area contributed by atoms with Gasteiger partial charge in [-0.3, -0.25) is 0 Å². The molecule has 1 atom stereocenters. The largest absolute Gasteiger partial charge is 0.328 e. The third-order valence-electron chi connectivity index (χ3n) is 3.23. The second-order valence-electron chi connectivity index (χ2n) is 4.23. The van der Waals surface area contributed by atoms with E-state index in [0.717, 1.165) is 13.1 Å². The van der Waals surface area contributed by atoms with E-state index in [4.69, 9.17) is 0 Å². The summed E-state index contributed by atoms with van der Waals surface area (Å²) in [5.74, 6) is 0.663. The molecule has 1 aromatic rings. The van der Waals surface area contributed by atoms with Crippen molar-refractivity contribution in [2.75, 3.05) is 13.1 Å². The van der Waals surface area contributed by atoms with Crippen LogP contribution in [0.1, 0.15) is 37.4 Å². The van der Waals surface area contributed by atoms with Crippen LogP contribution in [0.15, 0.2) is 25.2 Å².